The molecule has 0 fully saturated rings. The van der Waals surface area contributed by atoms with Gasteiger partial charge in [-0.1, -0.05) is 23.3 Å². The van der Waals surface area contributed by atoms with Crippen molar-refractivity contribution in [2.45, 2.75) is 0 Å². The third kappa shape index (κ3) is 2.76. The predicted octanol–water partition coefficient (Wildman–Crippen LogP) is 1.04. The third-order valence-electron chi connectivity index (χ3n) is 2.13. The summed E-state index contributed by atoms with van der Waals surface area (Å²) < 4.78 is 0. The number of aromatic nitrogens is 4. The molecular formula is C10H12N6S. The second-order valence-corrected chi connectivity index (χ2v) is 3.82. The van der Waals surface area contributed by atoms with Gasteiger partial charge in [-0.05, 0) is 29.6 Å². The Bertz CT molecular complexity index is 509. The SMILES string of the molecule is CN(C(=S)Nc1ccccc1)c1nnn(C)n1. The Kier molecular flexibility index (Phi) is 3.29. The molecule has 1 aromatic heterocycles. The Morgan fingerprint density at radius 3 is 2.65 bits per heavy atom. The second-order valence-electron chi connectivity index (χ2n) is 3.43. The molecule has 2 aromatic rings. The lowest BCUT2D eigenvalue weighted by molar-refractivity contribution is 0.630. The number of hydrogen-bond donors (Lipinski definition) is 1. The number of rotatable bonds is 2. The Balaban J connectivity index is 2.06. The highest BCUT2D eigenvalue weighted by molar-refractivity contribution is 7.80. The first-order valence-electron chi connectivity index (χ1n) is 5.00. The lowest BCUT2D eigenvalue weighted by Gasteiger charge is -2.16. The summed E-state index contributed by atoms with van der Waals surface area (Å²) in [6, 6.07) is 9.69. The number of nitrogens with zero attached hydrogens (tertiary/aromatic N) is 5. The van der Waals surface area contributed by atoms with Gasteiger partial charge in [-0.3, -0.25) is 4.90 Å². The number of nitrogens with one attached hydrogen (secondary N) is 1. The lowest BCUT2D eigenvalue weighted by atomic mass is 10.3. The number of aryl methyl sites for hydroxylation is 1. The smallest absolute Gasteiger partial charge is 0.271 e. The van der Waals surface area contributed by atoms with E-state index in [9.17, 15) is 0 Å². The number of para-hydroxylation sites is 1. The second kappa shape index (κ2) is 4.88. The minimum absolute atomic E-state index is 0.459. The van der Waals surface area contributed by atoms with Gasteiger partial charge in [0.2, 0.25) is 0 Å². The van der Waals surface area contributed by atoms with Gasteiger partial charge < -0.3 is 5.32 Å². The van der Waals surface area contributed by atoms with E-state index < -0.39 is 0 Å². The first kappa shape index (κ1) is 11.5. The Morgan fingerprint density at radius 2 is 2.06 bits per heavy atom. The molecule has 6 nitrogen and oxygen atoms in total. The molecule has 0 amide bonds. The number of anilines is 2. The van der Waals surface area contributed by atoms with Crippen LogP contribution in [-0.2, 0) is 7.05 Å². The highest BCUT2D eigenvalue weighted by Gasteiger charge is 2.11. The zero-order chi connectivity index (χ0) is 12.3. The van der Waals surface area contributed by atoms with Crippen molar-refractivity contribution in [1.29, 1.82) is 0 Å². The van der Waals surface area contributed by atoms with E-state index in [-0.39, 0.29) is 0 Å². The van der Waals surface area contributed by atoms with Crippen molar-refractivity contribution >= 4 is 29.0 Å². The summed E-state index contributed by atoms with van der Waals surface area (Å²) in [5, 5.41) is 15.3. The molecular weight excluding hydrogens is 236 g/mol. The van der Waals surface area contributed by atoms with Crippen LogP contribution < -0.4 is 10.2 Å². The maximum absolute atomic E-state index is 5.25. The lowest BCUT2D eigenvalue weighted by Crippen LogP contribution is -2.31. The minimum Gasteiger partial charge on any atom is -0.332 e. The molecule has 17 heavy (non-hydrogen) atoms. The summed E-state index contributed by atoms with van der Waals surface area (Å²) in [6.07, 6.45) is 0. The van der Waals surface area contributed by atoms with Crippen molar-refractivity contribution in [1.82, 2.24) is 20.2 Å². The largest absolute Gasteiger partial charge is 0.332 e. The van der Waals surface area contributed by atoms with E-state index in [2.05, 4.69) is 20.7 Å². The van der Waals surface area contributed by atoms with E-state index >= 15 is 0 Å². The van der Waals surface area contributed by atoms with E-state index in [1.54, 1.807) is 19.0 Å². The van der Waals surface area contributed by atoms with Gasteiger partial charge in [0.25, 0.3) is 5.95 Å². The Morgan fingerprint density at radius 1 is 1.35 bits per heavy atom. The van der Waals surface area contributed by atoms with Gasteiger partial charge in [0.1, 0.15) is 0 Å². The van der Waals surface area contributed by atoms with Crippen molar-refractivity contribution < 1.29 is 0 Å². The molecule has 0 aliphatic heterocycles. The van der Waals surface area contributed by atoms with Crippen molar-refractivity contribution in [3.63, 3.8) is 0 Å². The monoisotopic (exact) mass is 248 g/mol. The van der Waals surface area contributed by atoms with Crippen LogP contribution in [0, 0.1) is 0 Å². The summed E-state index contributed by atoms with van der Waals surface area (Å²) >= 11 is 5.25. The summed E-state index contributed by atoms with van der Waals surface area (Å²) in [6.45, 7) is 0. The van der Waals surface area contributed by atoms with Crippen LogP contribution in [0.15, 0.2) is 30.3 Å². The first-order chi connectivity index (χ1) is 8.16. The summed E-state index contributed by atoms with van der Waals surface area (Å²) in [5.41, 5.74) is 0.924. The van der Waals surface area contributed by atoms with Crippen molar-refractivity contribution in [2.75, 3.05) is 17.3 Å². The van der Waals surface area contributed by atoms with Gasteiger partial charge in [0, 0.05) is 12.7 Å². The molecule has 0 saturated heterocycles. The normalized spacial score (nSPS) is 10.0. The molecule has 1 heterocycles. The average Bonchev–Trinajstić information content (AvgIpc) is 2.76. The van der Waals surface area contributed by atoms with Crippen molar-refractivity contribution in [2.24, 2.45) is 7.05 Å². The fraction of sp³-hybridized carbons (Fsp3) is 0.200. The van der Waals surface area contributed by atoms with E-state index in [1.807, 2.05) is 30.3 Å². The number of benzene rings is 1. The minimum atomic E-state index is 0.459. The maximum atomic E-state index is 5.25. The molecule has 0 saturated carbocycles. The zero-order valence-electron chi connectivity index (χ0n) is 9.53. The van der Waals surface area contributed by atoms with Crippen LogP contribution in [0.3, 0.4) is 0 Å². The summed E-state index contributed by atoms with van der Waals surface area (Å²) in [4.78, 5) is 3.05. The Hall–Kier alpha value is -2.02. The predicted molar refractivity (Wildman–Crippen MR) is 69.9 cm³/mol. The van der Waals surface area contributed by atoms with Gasteiger partial charge in [0.15, 0.2) is 5.11 Å². The van der Waals surface area contributed by atoms with E-state index in [0.29, 0.717) is 11.1 Å². The molecule has 0 spiro atoms. The standard InChI is InChI=1S/C10H12N6S/c1-15(9-12-14-16(2)13-9)10(17)11-8-6-4-3-5-7-8/h3-7H,1-2H3,(H,11,17). The van der Waals surface area contributed by atoms with E-state index in [1.165, 1.54) is 4.80 Å². The number of tetrazole rings is 1. The van der Waals surface area contributed by atoms with Gasteiger partial charge in [-0.2, -0.15) is 4.80 Å². The highest BCUT2D eigenvalue weighted by Crippen LogP contribution is 2.08. The summed E-state index contributed by atoms with van der Waals surface area (Å²) in [5.74, 6) is 0.459. The van der Waals surface area contributed by atoms with Gasteiger partial charge in [-0.25, -0.2) is 0 Å². The zero-order valence-corrected chi connectivity index (χ0v) is 10.3. The van der Waals surface area contributed by atoms with Crippen LogP contribution in [0.5, 0.6) is 0 Å². The molecule has 1 N–H and O–H groups in total. The van der Waals surface area contributed by atoms with Crippen molar-refractivity contribution in [3.8, 4) is 0 Å². The van der Waals surface area contributed by atoms with Gasteiger partial charge in [-0.15, -0.1) is 5.10 Å². The van der Waals surface area contributed by atoms with Gasteiger partial charge in [0.05, 0.1) is 7.05 Å². The quantitative estimate of drug-likeness (QED) is 0.801. The first-order valence-corrected chi connectivity index (χ1v) is 5.41. The fourth-order valence-corrected chi connectivity index (χ4v) is 1.43. The van der Waals surface area contributed by atoms with Crippen LogP contribution in [0.25, 0.3) is 0 Å². The van der Waals surface area contributed by atoms with Crippen molar-refractivity contribution in [3.05, 3.63) is 30.3 Å². The highest BCUT2D eigenvalue weighted by atomic mass is 32.1. The summed E-state index contributed by atoms with van der Waals surface area (Å²) in [7, 11) is 3.49. The molecule has 88 valence electrons. The molecule has 7 heteroatoms. The van der Waals surface area contributed by atoms with Crippen LogP contribution in [-0.4, -0.2) is 32.4 Å². The van der Waals surface area contributed by atoms with Crippen LogP contribution in [0.2, 0.25) is 0 Å². The molecule has 2 rings (SSSR count). The van der Waals surface area contributed by atoms with E-state index in [0.717, 1.165) is 5.69 Å². The Labute approximate surface area is 104 Å². The molecule has 0 aliphatic rings. The molecule has 0 bridgehead atoms. The van der Waals surface area contributed by atoms with E-state index in [4.69, 9.17) is 12.2 Å². The number of hydrogen-bond acceptors (Lipinski definition) is 4. The van der Waals surface area contributed by atoms with Crippen LogP contribution in [0.1, 0.15) is 0 Å². The average molecular weight is 248 g/mol. The molecule has 0 unspecified atom stereocenters. The number of thiocarbonyl (C=S) groups is 1. The third-order valence-corrected chi connectivity index (χ3v) is 2.50. The topological polar surface area (TPSA) is 58.9 Å². The molecule has 0 aliphatic carbocycles. The maximum Gasteiger partial charge on any atom is 0.271 e. The van der Waals surface area contributed by atoms with Crippen LogP contribution in [0.4, 0.5) is 11.6 Å². The molecule has 1 aromatic carbocycles. The molecule has 0 atom stereocenters. The molecule has 0 radical (unpaired) electrons. The van der Waals surface area contributed by atoms with Gasteiger partial charge >= 0.3 is 0 Å². The fourth-order valence-electron chi connectivity index (χ4n) is 1.23. The van der Waals surface area contributed by atoms with Crippen LogP contribution >= 0.6 is 12.2 Å².